The Balaban J connectivity index is 1.82. The summed E-state index contributed by atoms with van der Waals surface area (Å²) in [5.74, 6) is 1.00. The highest BCUT2D eigenvalue weighted by Crippen LogP contribution is 2.28. The molecule has 1 saturated carbocycles. The molecular formula is C20H33N. The van der Waals surface area contributed by atoms with E-state index < -0.39 is 0 Å². The largest absolute Gasteiger partial charge is 0.314 e. The highest BCUT2D eigenvalue weighted by Gasteiger charge is 2.16. The summed E-state index contributed by atoms with van der Waals surface area (Å²) in [6.45, 7) is 5.54. The Kier molecular flexibility index (Phi) is 7.29. The van der Waals surface area contributed by atoms with Crippen LogP contribution < -0.4 is 5.32 Å². The van der Waals surface area contributed by atoms with E-state index in [9.17, 15) is 0 Å². The van der Waals surface area contributed by atoms with Gasteiger partial charge in [-0.3, -0.25) is 0 Å². The van der Waals surface area contributed by atoms with Crippen molar-refractivity contribution in [1.82, 2.24) is 5.32 Å². The Morgan fingerprint density at radius 1 is 1.00 bits per heavy atom. The van der Waals surface area contributed by atoms with E-state index in [4.69, 9.17) is 0 Å². The predicted octanol–water partition coefficient (Wildman–Crippen LogP) is 5.13. The smallest absolute Gasteiger partial charge is 0.0107 e. The van der Waals surface area contributed by atoms with Crippen LogP contribution in [-0.4, -0.2) is 12.6 Å². The predicted molar refractivity (Wildman–Crippen MR) is 92.8 cm³/mol. The summed E-state index contributed by atoms with van der Waals surface area (Å²) in [5.41, 5.74) is 2.93. The molecule has 0 spiro atoms. The molecule has 0 amide bonds. The molecule has 1 fully saturated rings. The molecule has 118 valence electrons. The van der Waals surface area contributed by atoms with Crippen LogP contribution in [-0.2, 0) is 12.8 Å². The highest BCUT2D eigenvalue weighted by atomic mass is 14.9. The second kappa shape index (κ2) is 9.25. The summed E-state index contributed by atoms with van der Waals surface area (Å²) in [6.07, 6.45) is 12.4. The first-order chi connectivity index (χ1) is 10.3. The first-order valence-corrected chi connectivity index (χ1v) is 9.13. The molecule has 1 unspecified atom stereocenters. The maximum Gasteiger partial charge on any atom is 0.0107 e. The topological polar surface area (TPSA) is 12.0 Å². The standard InChI is InChI=1S/C20H33N/c1-3-17-10-12-19(13-11-17)16-20(21-4-2)15-14-18-8-6-5-7-9-18/h10-13,18,20-21H,3-9,14-16H2,1-2H3. The Morgan fingerprint density at radius 3 is 2.29 bits per heavy atom. The molecular weight excluding hydrogens is 254 g/mol. The van der Waals surface area contributed by atoms with Gasteiger partial charge in [0, 0.05) is 6.04 Å². The SMILES string of the molecule is CCNC(CCC1CCCCC1)Cc1ccc(CC)cc1. The van der Waals surface area contributed by atoms with Crippen molar-refractivity contribution in [3.8, 4) is 0 Å². The summed E-state index contributed by atoms with van der Waals surface area (Å²) in [4.78, 5) is 0. The van der Waals surface area contributed by atoms with Gasteiger partial charge < -0.3 is 5.32 Å². The van der Waals surface area contributed by atoms with Crippen LogP contribution in [0.5, 0.6) is 0 Å². The Labute approximate surface area is 131 Å². The summed E-state index contributed by atoms with van der Waals surface area (Å²) in [6, 6.07) is 9.89. The molecule has 0 radical (unpaired) electrons. The molecule has 1 heteroatoms. The Morgan fingerprint density at radius 2 is 1.67 bits per heavy atom. The number of aryl methyl sites for hydroxylation is 1. The van der Waals surface area contributed by atoms with Crippen molar-refractivity contribution >= 4 is 0 Å². The van der Waals surface area contributed by atoms with Crippen molar-refractivity contribution in [3.05, 3.63) is 35.4 Å². The van der Waals surface area contributed by atoms with E-state index in [0.29, 0.717) is 6.04 Å². The van der Waals surface area contributed by atoms with E-state index in [1.807, 2.05) is 0 Å². The van der Waals surface area contributed by atoms with E-state index in [-0.39, 0.29) is 0 Å². The third kappa shape index (κ3) is 5.82. The summed E-state index contributed by atoms with van der Waals surface area (Å²) < 4.78 is 0. The minimum atomic E-state index is 0.657. The van der Waals surface area contributed by atoms with Gasteiger partial charge in [-0.05, 0) is 49.3 Å². The molecule has 0 bridgehead atoms. The van der Waals surface area contributed by atoms with Gasteiger partial charge >= 0.3 is 0 Å². The van der Waals surface area contributed by atoms with Gasteiger partial charge in [0.1, 0.15) is 0 Å². The van der Waals surface area contributed by atoms with Crippen molar-refractivity contribution in [2.24, 2.45) is 5.92 Å². The summed E-state index contributed by atoms with van der Waals surface area (Å²) >= 11 is 0. The number of hydrogen-bond donors (Lipinski definition) is 1. The molecule has 21 heavy (non-hydrogen) atoms. The van der Waals surface area contributed by atoms with Crippen LogP contribution in [0.2, 0.25) is 0 Å². The van der Waals surface area contributed by atoms with Gasteiger partial charge in [-0.2, -0.15) is 0 Å². The molecule has 1 aromatic carbocycles. The Bertz CT molecular complexity index is 375. The molecule has 0 aromatic heterocycles. The van der Waals surface area contributed by atoms with Gasteiger partial charge in [-0.15, -0.1) is 0 Å². The van der Waals surface area contributed by atoms with E-state index in [2.05, 4.69) is 43.4 Å². The molecule has 0 saturated heterocycles. The van der Waals surface area contributed by atoms with Crippen LogP contribution in [0.1, 0.15) is 69.9 Å². The van der Waals surface area contributed by atoms with Gasteiger partial charge in [-0.25, -0.2) is 0 Å². The second-order valence-corrected chi connectivity index (χ2v) is 6.71. The van der Waals surface area contributed by atoms with Gasteiger partial charge in [-0.1, -0.05) is 70.2 Å². The van der Waals surface area contributed by atoms with Crippen LogP contribution >= 0.6 is 0 Å². The van der Waals surface area contributed by atoms with Gasteiger partial charge in [0.15, 0.2) is 0 Å². The number of nitrogens with one attached hydrogen (secondary N) is 1. The van der Waals surface area contributed by atoms with Crippen LogP contribution in [0.3, 0.4) is 0 Å². The third-order valence-corrected chi connectivity index (χ3v) is 5.05. The average molecular weight is 287 g/mol. The maximum atomic E-state index is 3.70. The quantitative estimate of drug-likeness (QED) is 0.699. The lowest BCUT2D eigenvalue weighted by atomic mass is 9.84. The first kappa shape index (κ1) is 16.5. The molecule has 1 nitrogen and oxygen atoms in total. The van der Waals surface area contributed by atoms with Gasteiger partial charge in [0.2, 0.25) is 0 Å². The van der Waals surface area contributed by atoms with E-state index in [0.717, 1.165) is 18.9 Å². The molecule has 1 atom stereocenters. The zero-order chi connectivity index (χ0) is 14.9. The van der Waals surface area contributed by atoms with Crippen molar-refractivity contribution in [2.45, 2.75) is 77.7 Å². The number of rotatable bonds is 8. The van der Waals surface area contributed by atoms with Crippen LogP contribution in [0.15, 0.2) is 24.3 Å². The summed E-state index contributed by atoms with van der Waals surface area (Å²) in [5, 5.41) is 3.70. The molecule has 2 rings (SSSR count). The molecule has 1 aliphatic rings. The first-order valence-electron chi connectivity index (χ1n) is 9.13. The Hall–Kier alpha value is -0.820. The average Bonchev–Trinajstić information content (AvgIpc) is 2.54. The number of likely N-dealkylation sites (N-methyl/N-ethyl adjacent to an activating group) is 1. The van der Waals surface area contributed by atoms with Crippen LogP contribution in [0.25, 0.3) is 0 Å². The zero-order valence-electron chi connectivity index (χ0n) is 14.0. The maximum absolute atomic E-state index is 3.70. The molecule has 1 N–H and O–H groups in total. The third-order valence-electron chi connectivity index (χ3n) is 5.05. The lowest BCUT2D eigenvalue weighted by Gasteiger charge is -2.25. The van der Waals surface area contributed by atoms with Crippen LogP contribution in [0, 0.1) is 5.92 Å². The van der Waals surface area contributed by atoms with E-state index >= 15 is 0 Å². The molecule has 1 aromatic rings. The van der Waals surface area contributed by atoms with Crippen molar-refractivity contribution in [2.75, 3.05) is 6.54 Å². The minimum absolute atomic E-state index is 0.657. The number of hydrogen-bond acceptors (Lipinski definition) is 1. The normalized spacial score (nSPS) is 17.8. The lowest BCUT2D eigenvalue weighted by Crippen LogP contribution is -2.31. The minimum Gasteiger partial charge on any atom is -0.314 e. The molecule has 0 heterocycles. The van der Waals surface area contributed by atoms with Crippen molar-refractivity contribution in [3.63, 3.8) is 0 Å². The van der Waals surface area contributed by atoms with Crippen molar-refractivity contribution in [1.29, 1.82) is 0 Å². The lowest BCUT2D eigenvalue weighted by molar-refractivity contribution is 0.313. The van der Waals surface area contributed by atoms with Crippen molar-refractivity contribution < 1.29 is 0 Å². The van der Waals surface area contributed by atoms with E-state index in [1.54, 1.807) is 0 Å². The van der Waals surface area contributed by atoms with Gasteiger partial charge in [0.05, 0.1) is 0 Å². The molecule has 0 aliphatic heterocycles. The fourth-order valence-electron chi connectivity index (χ4n) is 3.67. The highest BCUT2D eigenvalue weighted by molar-refractivity contribution is 5.23. The summed E-state index contributed by atoms with van der Waals surface area (Å²) in [7, 11) is 0. The van der Waals surface area contributed by atoms with Gasteiger partial charge in [0.25, 0.3) is 0 Å². The molecule has 1 aliphatic carbocycles. The fraction of sp³-hybridized carbons (Fsp3) is 0.700. The zero-order valence-corrected chi connectivity index (χ0v) is 14.0. The van der Waals surface area contributed by atoms with Crippen LogP contribution in [0.4, 0.5) is 0 Å². The number of benzene rings is 1. The second-order valence-electron chi connectivity index (χ2n) is 6.71. The van der Waals surface area contributed by atoms with E-state index in [1.165, 1.54) is 62.5 Å². The fourth-order valence-corrected chi connectivity index (χ4v) is 3.67. The monoisotopic (exact) mass is 287 g/mol.